The molecule has 1 fully saturated rings. The van der Waals surface area contributed by atoms with Crippen molar-refractivity contribution in [2.75, 3.05) is 33.2 Å². The highest BCUT2D eigenvalue weighted by Crippen LogP contribution is 2.27. The van der Waals surface area contributed by atoms with Gasteiger partial charge in [-0.15, -0.1) is 0 Å². The van der Waals surface area contributed by atoms with Crippen molar-refractivity contribution in [1.29, 1.82) is 0 Å². The lowest BCUT2D eigenvalue weighted by molar-refractivity contribution is -0.119. The Hall–Kier alpha value is -1.82. The summed E-state index contributed by atoms with van der Waals surface area (Å²) in [6.07, 6.45) is 3.26. The van der Waals surface area contributed by atoms with Gasteiger partial charge in [-0.3, -0.25) is 4.79 Å². The number of nitrogens with one attached hydrogen (secondary N) is 1. The maximum Gasteiger partial charge on any atom is 0.217 e. The molecule has 1 saturated heterocycles. The molecule has 2 aromatic carbocycles. The Balaban J connectivity index is 1.53. The Morgan fingerprint density at radius 2 is 1.72 bits per heavy atom. The Morgan fingerprint density at radius 1 is 1.10 bits per heavy atom. The molecule has 1 heterocycles. The third-order valence-electron chi connectivity index (χ3n) is 5.54. The van der Waals surface area contributed by atoms with Crippen molar-refractivity contribution in [2.24, 2.45) is 0 Å². The lowest BCUT2D eigenvalue weighted by atomic mass is 9.94. The van der Waals surface area contributed by atoms with Crippen LogP contribution in [0.5, 0.6) is 0 Å². The molecular weight excluding hydrogens is 378 g/mol. The van der Waals surface area contributed by atoms with Gasteiger partial charge in [-0.1, -0.05) is 48.5 Å². The number of likely N-dealkylation sites (N-methyl/N-ethyl adjacent to an activating group) is 1. The fourth-order valence-electron chi connectivity index (χ4n) is 4.02. The van der Waals surface area contributed by atoms with Crippen LogP contribution in [-0.4, -0.2) is 54.4 Å². The minimum atomic E-state index is 0.0894. The normalized spacial score (nSPS) is 16.7. The number of hydrogen-bond acceptors (Lipinski definition) is 4. The van der Waals surface area contributed by atoms with E-state index < -0.39 is 0 Å². The fourth-order valence-corrected chi connectivity index (χ4v) is 4.92. The van der Waals surface area contributed by atoms with E-state index in [2.05, 4.69) is 82.2 Å². The molecule has 156 valence electrons. The molecule has 1 unspecified atom stereocenters. The van der Waals surface area contributed by atoms with Gasteiger partial charge in [-0.2, -0.15) is 0 Å². The summed E-state index contributed by atoms with van der Waals surface area (Å²) in [6, 6.07) is 21.8. The quantitative estimate of drug-likeness (QED) is 0.621. The first-order chi connectivity index (χ1) is 14.1. The number of nitrogens with zero attached hydrogens (tertiary/aromatic N) is 2. The summed E-state index contributed by atoms with van der Waals surface area (Å²) in [7, 11) is 2.19. The Labute approximate surface area is 179 Å². The molecule has 29 heavy (non-hydrogen) atoms. The third kappa shape index (κ3) is 7.50. The molecule has 0 radical (unpaired) electrons. The zero-order valence-corrected chi connectivity index (χ0v) is 18.4. The number of hydrogen-bond donors (Lipinski definition) is 1. The summed E-state index contributed by atoms with van der Waals surface area (Å²) in [5, 5.41) is 3.07. The van der Waals surface area contributed by atoms with Crippen LogP contribution in [0.4, 0.5) is 0 Å². The van der Waals surface area contributed by atoms with Crippen molar-refractivity contribution in [3.8, 4) is 0 Å². The van der Waals surface area contributed by atoms with Crippen LogP contribution in [-0.2, 0) is 4.79 Å². The number of amides is 1. The minimum Gasteiger partial charge on any atom is -0.354 e. The van der Waals surface area contributed by atoms with E-state index in [0.717, 1.165) is 45.4 Å². The monoisotopic (exact) mass is 411 g/mol. The summed E-state index contributed by atoms with van der Waals surface area (Å²) in [5.74, 6) is 0.594. The molecule has 0 bridgehead atoms. The molecule has 0 spiro atoms. The Morgan fingerprint density at radius 3 is 2.34 bits per heavy atom. The number of piperidine rings is 1. The van der Waals surface area contributed by atoms with Crippen LogP contribution in [0, 0.1) is 0 Å². The molecule has 0 aromatic heterocycles. The maximum absolute atomic E-state index is 11.3. The van der Waals surface area contributed by atoms with Gasteiger partial charge < -0.3 is 10.2 Å². The Bertz CT molecular complexity index is 732. The highest BCUT2D eigenvalue weighted by Gasteiger charge is 2.21. The third-order valence-corrected chi connectivity index (χ3v) is 6.49. The molecule has 1 aliphatic rings. The van der Waals surface area contributed by atoms with Gasteiger partial charge in [0.1, 0.15) is 0 Å². The van der Waals surface area contributed by atoms with Crippen molar-refractivity contribution in [2.45, 2.75) is 43.0 Å². The van der Waals surface area contributed by atoms with Gasteiger partial charge in [0.05, 0.1) is 0 Å². The van der Waals surface area contributed by atoms with Crippen molar-refractivity contribution in [3.05, 3.63) is 66.2 Å². The molecule has 4 nitrogen and oxygen atoms in total. The fraction of sp³-hybridized carbons (Fsp3) is 0.458. The standard InChI is InChI=1S/C24H33N3OS/c1-20(28)25-23-14-17-27(18-15-23)16-13-22(21-9-5-3-6-10-21)19-26(2)29-24-11-7-4-8-12-24/h3-12,22-23H,13-19H2,1-2H3,(H,25,28). The zero-order chi connectivity index (χ0) is 20.5. The second kappa shape index (κ2) is 11.4. The number of likely N-dealkylation sites (tertiary alicyclic amines) is 1. The molecule has 5 heteroatoms. The molecule has 3 rings (SSSR count). The molecule has 0 aliphatic carbocycles. The molecule has 2 aromatic rings. The van der Waals surface area contributed by atoms with E-state index in [-0.39, 0.29) is 5.91 Å². The first-order valence-corrected chi connectivity index (χ1v) is 11.4. The van der Waals surface area contributed by atoms with Gasteiger partial charge in [-0.25, -0.2) is 4.31 Å². The van der Waals surface area contributed by atoms with Crippen molar-refractivity contribution in [3.63, 3.8) is 0 Å². The second-order valence-corrected chi connectivity index (χ2v) is 9.20. The van der Waals surface area contributed by atoms with Crippen LogP contribution in [0.2, 0.25) is 0 Å². The number of carbonyl (C=O) groups excluding carboxylic acids is 1. The van der Waals surface area contributed by atoms with Crippen LogP contribution >= 0.6 is 11.9 Å². The van der Waals surface area contributed by atoms with Crippen molar-refractivity contribution >= 4 is 17.9 Å². The molecule has 0 saturated carbocycles. The van der Waals surface area contributed by atoms with E-state index in [1.54, 1.807) is 6.92 Å². The van der Waals surface area contributed by atoms with E-state index in [4.69, 9.17) is 0 Å². The molecule has 1 amide bonds. The molecular formula is C24H33N3OS. The smallest absolute Gasteiger partial charge is 0.217 e. The van der Waals surface area contributed by atoms with E-state index in [1.807, 2.05) is 11.9 Å². The summed E-state index contributed by atoms with van der Waals surface area (Å²) in [4.78, 5) is 15.1. The maximum atomic E-state index is 11.3. The average molecular weight is 412 g/mol. The number of rotatable bonds is 9. The van der Waals surface area contributed by atoms with Crippen LogP contribution in [0.25, 0.3) is 0 Å². The number of carbonyl (C=O) groups is 1. The average Bonchev–Trinajstić information content (AvgIpc) is 2.73. The van der Waals surface area contributed by atoms with E-state index >= 15 is 0 Å². The molecule has 1 atom stereocenters. The summed E-state index contributed by atoms with van der Waals surface area (Å²) in [5.41, 5.74) is 1.42. The van der Waals surface area contributed by atoms with E-state index in [1.165, 1.54) is 10.5 Å². The first-order valence-electron chi connectivity index (χ1n) is 10.6. The summed E-state index contributed by atoms with van der Waals surface area (Å²) in [6.45, 7) is 5.88. The molecule has 1 N–H and O–H groups in total. The van der Waals surface area contributed by atoms with Gasteiger partial charge in [0.25, 0.3) is 0 Å². The van der Waals surface area contributed by atoms with Gasteiger partial charge >= 0.3 is 0 Å². The lowest BCUT2D eigenvalue weighted by Crippen LogP contribution is -2.44. The SMILES string of the molecule is CC(=O)NC1CCN(CCC(CN(C)Sc2ccccc2)c2ccccc2)CC1. The predicted octanol–water partition coefficient (Wildman–Crippen LogP) is 4.40. The highest BCUT2D eigenvalue weighted by molar-refractivity contribution is 7.97. The second-order valence-electron chi connectivity index (χ2n) is 7.93. The van der Waals surface area contributed by atoms with Gasteiger partial charge in [0.15, 0.2) is 0 Å². The topological polar surface area (TPSA) is 35.6 Å². The largest absolute Gasteiger partial charge is 0.354 e. The van der Waals surface area contributed by atoms with Crippen molar-refractivity contribution < 1.29 is 4.79 Å². The first kappa shape index (κ1) is 21.9. The zero-order valence-electron chi connectivity index (χ0n) is 17.6. The number of benzene rings is 2. The lowest BCUT2D eigenvalue weighted by Gasteiger charge is -2.33. The van der Waals surface area contributed by atoms with Crippen molar-refractivity contribution in [1.82, 2.24) is 14.5 Å². The van der Waals surface area contributed by atoms with Gasteiger partial charge in [0, 0.05) is 37.5 Å². The minimum absolute atomic E-state index is 0.0894. The van der Waals surface area contributed by atoms with E-state index in [9.17, 15) is 4.79 Å². The Kier molecular flexibility index (Phi) is 8.59. The summed E-state index contributed by atoms with van der Waals surface area (Å²) < 4.78 is 2.36. The highest BCUT2D eigenvalue weighted by atomic mass is 32.2. The van der Waals surface area contributed by atoms with Gasteiger partial charge in [-0.05, 0) is 68.4 Å². The van der Waals surface area contributed by atoms with Crippen LogP contribution in [0.15, 0.2) is 65.6 Å². The van der Waals surface area contributed by atoms with Crippen LogP contribution in [0.1, 0.15) is 37.7 Å². The van der Waals surface area contributed by atoms with Crippen LogP contribution in [0.3, 0.4) is 0 Å². The van der Waals surface area contributed by atoms with E-state index in [0.29, 0.717) is 12.0 Å². The molecule has 1 aliphatic heterocycles. The predicted molar refractivity (Wildman–Crippen MR) is 122 cm³/mol. The van der Waals surface area contributed by atoms with Crippen LogP contribution < -0.4 is 5.32 Å². The van der Waals surface area contributed by atoms with Gasteiger partial charge in [0.2, 0.25) is 5.91 Å². The summed E-state index contributed by atoms with van der Waals surface area (Å²) >= 11 is 1.81.